The summed E-state index contributed by atoms with van der Waals surface area (Å²) in [6.07, 6.45) is 15.5. The van der Waals surface area contributed by atoms with Crippen LogP contribution in [0, 0.1) is 5.92 Å². The minimum atomic E-state index is -0.445. The summed E-state index contributed by atoms with van der Waals surface area (Å²) in [4.78, 5) is 21.2. The van der Waals surface area contributed by atoms with Gasteiger partial charge in [-0.1, -0.05) is 71.4 Å². The minimum absolute atomic E-state index is 0.141. The lowest BCUT2D eigenvalue weighted by molar-refractivity contribution is -0.124. The van der Waals surface area contributed by atoms with Crippen molar-refractivity contribution in [2.24, 2.45) is 5.92 Å². The Morgan fingerprint density at radius 3 is 2.45 bits per heavy atom. The number of anilines is 1. The predicted octanol–water partition coefficient (Wildman–Crippen LogP) is 7.99. The SMILES string of the molecule is C=C/C(F)=C(\C=C/C)N/C(C)=c1/c(=C\C(=C)c2ccc3c(c2)N(C2CC(CC)C2)C(=O)C3(CCC)CCC)ncn1C(C)C. The molecule has 6 heteroatoms. The van der Waals surface area contributed by atoms with Crippen molar-refractivity contribution in [3.05, 3.63) is 89.3 Å². The molecule has 2 aliphatic rings. The van der Waals surface area contributed by atoms with Crippen LogP contribution in [0.3, 0.4) is 0 Å². The molecule has 2 heterocycles. The fraction of sp³-hybridized carbons (Fsp3) is 0.474. The number of nitrogens with zero attached hydrogens (tertiary/aromatic N) is 3. The van der Waals surface area contributed by atoms with Crippen molar-refractivity contribution in [1.29, 1.82) is 0 Å². The Hall–Kier alpha value is -3.67. The van der Waals surface area contributed by atoms with Gasteiger partial charge in [0.25, 0.3) is 0 Å². The Labute approximate surface area is 263 Å². The van der Waals surface area contributed by atoms with Crippen LogP contribution < -0.4 is 20.9 Å². The topological polar surface area (TPSA) is 50.2 Å². The van der Waals surface area contributed by atoms with Gasteiger partial charge in [0.2, 0.25) is 5.91 Å². The van der Waals surface area contributed by atoms with E-state index in [4.69, 9.17) is 4.98 Å². The average molecular weight is 599 g/mol. The first-order valence-corrected chi connectivity index (χ1v) is 16.4. The highest BCUT2D eigenvalue weighted by molar-refractivity contribution is 6.09. The molecule has 0 spiro atoms. The molecule has 1 aromatic carbocycles. The second-order valence-corrected chi connectivity index (χ2v) is 12.8. The number of allylic oxidation sites excluding steroid dienone is 5. The molecule has 0 bridgehead atoms. The van der Waals surface area contributed by atoms with Gasteiger partial charge >= 0.3 is 0 Å². The third-order valence-electron chi connectivity index (χ3n) is 9.42. The number of nitrogens with one attached hydrogen (secondary N) is 1. The highest BCUT2D eigenvalue weighted by Crippen LogP contribution is 2.51. The second-order valence-electron chi connectivity index (χ2n) is 12.8. The van der Waals surface area contributed by atoms with E-state index in [1.807, 2.05) is 26.3 Å². The normalized spacial score (nSPS) is 21.0. The van der Waals surface area contributed by atoms with Crippen molar-refractivity contribution in [2.45, 2.75) is 111 Å². The van der Waals surface area contributed by atoms with Crippen LogP contribution in [0.1, 0.15) is 111 Å². The predicted molar refractivity (Wildman–Crippen MR) is 183 cm³/mol. The van der Waals surface area contributed by atoms with E-state index in [0.29, 0.717) is 11.6 Å². The molecule has 4 rings (SSSR count). The Kier molecular flexibility index (Phi) is 10.5. The largest absolute Gasteiger partial charge is 0.355 e. The summed E-state index contributed by atoms with van der Waals surface area (Å²) in [5.41, 5.74) is 4.68. The molecule has 1 aliphatic carbocycles. The minimum Gasteiger partial charge on any atom is -0.355 e. The number of aromatic nitrogens is 2. The molecule has 44 heavy (non-hydrogen) atoms. The fourth-order valence-electron chi connectivity index (χ4n) is 7.09. The third kappa shape index (κ3) is 6.13. The maximum Gasteiger partial charge on any atom is 0.237 e. The van der Waals surface area contributed by atoms with Gasteiger partial charge in [-0.3, -0.25) is 4.79 Å². The highest BCUT2D eigenvalue weighted by Gasteiger charge is 2.52. The number of fused-ring (bicyclic) bond motifs is 1. The summed E-state index contributed by atoms with van der Waals surface area (Å²) in [7, 11) is 0. The molecule has 0 saturated heterocycles. The molecule has 2 aromatic rings. The number of hydrogen-bond donors (Lipinski definition) is 1. The monoisotopic (exact) mass is 598 g/mol. The number of carbonyl (C=O) groups is 1. The van der Waals surface area contributed by atoms with Crippen LogP contribution in [0.25, 0.3) is 17.3 Å². The van der Waals surface area contributed by atoms with Gasteiger partial charge in [0, 0.05) is 23.5 Å². The Morgan fingerprint density at radius 1 is 1.20 bits per heavy atom. The molecule has 1 N–H and O–H groups in total. The van der Waals surface area contributed by atoms with Gasteiger partial charge < -0.3 is 14.8 Å². The standard InChI is InChI=1S/C38H51FN4O/c1-10-15-33(32(39)14-5)41-27(9)36-34(40-24-42(36)25(6)7)20-26(8)29-16-17-31-35(23-29)43(30-21-28(13-4)22-30)37(44)38(31,18-11-2)19-12-3/h10,14-17,20,23-25,28,30,41H,5,8,11-13,18-19,21-22H2,1-4,6-7,9H3/b15-10-,33-32-,34-20+,36-27-. The van der Waals surface area contributed by atoms with E-state index in [9.17, 15) is 9.18 Å². The van der Waals surface area contributed by atoms with Crippen LogP contribution in [0.4, 0.5) is 10.1 Å². The van der Waals surface area contributed by atoms with Gasteiger partial charge in [0.1, 0.15) is 5.83 Å². The first-order chi connectivity index (χ1) is 21.1. The van der Waals surface area contributed by atoms with E-state index in [1.54, 1.807) is 12.2 Å². The van der Waals surface area contributed by atoms with Crippen molar-refractivity contribution in [3.63, 3.8) is 0 Å². The molecule has 1 fully saturated rings. The zero-order valence-corrected chi connectivity index (χ0v) is 27.8. The summed E-state index contributed by atoms with van der Waals surface area (Å²) in [6, 6.07) is 6.88. The molecule has 236 valence electrons. The summed E-state index contributed by atoms with van der Waals surface area (Å²) in [5.74, 6) is 0.554. The Bertz CT molecular complexity index is 1580. The van der Waals surface area contributed by atoms with Crippen LogP contribution in [0.5, 0.6) is 0 Å². The molecule has 1 aromatic heterocycles. The summed E-state index contributed by atoms with van der Waals surface area (Å²) >= 11 is 0. The van der Waals surface area contributed by atoms with Crippen LogP contribution in [0.15, 0.2) is 67.4 Å². The van der Waals surface area contributed by atoms with Crippen LogP contribution in [-0.4, -0.2) is 21.5 Å². The summed E-state index contributed by atoms with van der Waals surface area (Å²) < 4.78 is 16.7. The van der Waals surface area contributed by atoms with Crippen LogP contribution in [0.2, 0.25) is 0 Å². The van der Waals surface area contributed by atoms with Gasteiger partial charge in [-0.05, 0) is 100 Å². The van der Waals surface area contributed by atoms with Crippen molar-refractivity contribution >= 4 is 28.9 Å². The lowest BCUT2D eigenvalue weighted by Gasteiger charge is -2.42. The maximum absolute atomic E-state index is 14.6. The number of halogens is 1. The van der Waals surface area contributed by atoms with Crippen LogP contribution in [-0.2, 0) is 10.2 Å². The molecule has 0 atom stereocenters. The maximum atomic E-state index is 14.6. The van der Waals surface area contributed by atoms with E-state index < -0.39 is 11.2 Å². The van der Waals surface area contributed by atoms with E-state index in [1.165, 1.54) is 11.6 Å². The van der Waals surface area contributed by atoms with Gasteiger partial charge in [0.15, 0.2) is 0 Å². The summed E-state index contributed by atoms with van der Waals surface area (Å²) in [5, 5.41) is 4.85. The highest BCUT2D eigenvalue weighted by atomic mass is 19.1. The molecule has 0 radical (unpaired) electrons. The molecule has 1 saturated carbocycles. The average Bonchev–Trinajstić information content (AvgIpc) is 3.50. The number of amides is 1. The Morgan fingerprint density at radius 2 is 1.89 bits per heavy atom. The number of imidazole rings is 1. The first-order valence-electron chi connectivity index (χ1n) is 16.4. The first kappa shape index (κ1) is 33.2. The van der Waals surface area contributed by atoms with Crippen molar-refractivity contribution in [2.75, 3.05) is 4.90 Å². The van der Waals surface area contributed by atoms with Crippen molar-refractivity contribution in [1.82, 2.24) is 14.9 Å². The van der Waals surface area contributed by atoms with E-state index >= 15 is 0 Å². The molecule has 0 unspecified atom stereocenters. The van der Waals surface area contributed by atoms with Crippen molar-refractivity contribution < 1.29 is 9.18 Å². The van der Waals surface area contributed by atoms with Gasteiger partial charge in [-0.2, -0.15) is 0 Å². The fourth-order valence-corrected chi connectivity index (χ4v) is 7.09. The van der Waals surface area contributed by atoms with Crippen LogP contribution >= 0.6 is 0 Å². The molecule has 5 nitrogen and oxygen atoms in total. The summed E-state index contributed by atoms with van der Waals surface area (Å²) in [6.45, 7) is 22.6. The number of benzene rings is 1. The number of carbonyl (C=O) groups excluding carboxylic acids is 1. The Balaban J connectivity index is 1.83. The molecule has 1 aliphatic heterocycles. The number of hydrogen-bond acceptors (Lipinski definition) is 3. The quantitative estimate of drug-likeness (QED) is 0.238. The molecular formula is C38H51FN4O. The van der Waals surface area contributed by atoms with E-state index in [-0.39, 0.29) is 18.0 Å². The second kappa shape index (κ2) is 14.0. The van der Waals surface area contributed by atoms with E-state index in [2.05, 4.69) is 80.8 Å². The lowest BCUT2D eigenvalue weighted by Crippen LogP contribution is -2.50. The van der Waals surface area contributed by atoms with Gasteiger partial charge in [-0.25, -0.2) is 9.37 Å². The number of rotatable bonds is 13. The lowest BCUT2D eigenvalue weighted by atomic mass is 9.73. The van der Waals surface area contributed by atoms with Gasteiger partial charge in [0.05, 0.1) is 28.1 Å². The van der Waals surface area contributed by atoms with E-state index in [0.717, 1.165) is 78.2 Å². The zero-order chi connectivity index (χ0) is 32.2. The zero-order valence-electron chi connectivity index (χ0n) is 27.8. The smallest absolute Gasteiger partial charge is 0.237 e. The third-order valence-corrected chi connectivity index (χ3v) is 9.42. The van der Waals surface area contributed by atoms with Gasteiger partial charge in [-0.15, -0.1) is 0 Å². The van der Waals surface area contributed by atoms with Crippen molar-refractivity contribution in [3.8, 4) is 0 Å². The molecule has 1 amide bonds. The molecular weight excluding hydrogens is 547 g/mol.